The number of aromatic hydroxyl groups is 1. The number of phenols is 1. The number of fused-ring (bicyclic) bond motifs is 1. The second kappa shape index (κ2) is 7.25. The summed E-state index contributed by atoms with van der Waals surface area (Å²) in [5.74, 6) is 1.25. The third-order valence-electron chi connectivity index (χ3n) is 4.02. The van der Waals surface area contributed by atoms with Gasteiger partial charge in [-0.25, -0.2) is 9.97 Å². The van der Waals surface area contributed by atoms with Crippen molar-refractivity contribution >= 4 is 28.3 Å². The van der Waals surface area contributed by atoms with Crippen molar-refractivity contribution in [3.8, 4) is 17.1 Å². The first-order chi connectivity index (χ1) is 12.0. The van der Waals surface area contributed by atoms with Crippen molar-refractivity contribution in [2.24, 2.45) is 0 Å². The molecule has 1 heterocycles. The van der Waals surface area contributed by atoms with Crippen molar-refractivity contribution < 1.29 is 10.2 Å². The van der Waals surface area contributed by atoms with Crippen molar-refractivity contribution in [1.29, 1.82) is 0 Å². The number of para-hydroxylation sites is 1. The first-order valence-electron chi connectivity index (χ1n) is 8.14. The maximum absolute atomic E-state index is 10.2. The van der Waals surface area contributed by atoms with Crippen LogP contribution in [0.25, 0.3) is 22.3 Å². The van der Waals surface area contributed by atoms with Gasteiger partial charge in [-0.2, -0.15) is 0 Å². The zero-order valence-corrected chi connectivity index (χ0v) is 14.9. The second-order valence-corrected chi connectivity index (χ2v) is 6.50. The van der Waals surface area contributed by atoms with Gasteiger partial charge in [-0.3, -0.25) is 0 Å². The lowest BCUT2D eigenvalue weighted by atomic mass is 10.1. The minimum Gasteiger partial charge on any atom is -0.507 e. The van der Waals surface area contributed by atoms with Gasteiger partial charge in [0, 0.05) is 23.0 Å². The maximum atomic E-state index is 10.2. The fourth-order valence-corrected chi connectivity index (χ4v) is 2.97. The summed E-state index contributed by atoms with van der Waals surface area (Å²) in [6.45, 7) is 4.55. The predicted octanol–water partition coefficient (Wildman–Crippen LogP) is 3.86. The van der Waals surface area contributed by atoms with Crippen LogP contribution >= 0.6 is 11.6 Å². The molecule has 0 spiro atoms. The molecule has 0 saturated heterocycles. The van der Waals surface area contributed by atoms with Gasteiger partial charge in [-0.05, 0) is 44.2 Å². The third kappa shape index (κ3) is 3.52. The molecule has 0 unspecified atom stereocenters. The molecule has 25 heavy (non-hydrogen) atoms. The van der Waals surface area contributed by atoms with Gasteiger partial charge >= 0.3 is 0 Å². The normalized spacial score (nSPS) is 11.2. The summed E-state index contributed by atoms with van der Waals surface area (Å²) in [6.07, 6.45) is 0. The van der Waals surface area contributed by atoms with Crippen LogP contribution in [0, 0.1) is 0 Å². The molecule has 5 nitrogen and oxygen atoms in total. The van der Waals surface area contributed by atoms with Crippen molar-refractivity contribution in [2.45, 2.75) is 19.9 Å². The van der Waals surface area contributed by atoms with Crippen LogP contribution in [-0.2, 0) is 0 Å². The van der Waals surface area contributed by atoms with E-state index in [0.717, 1.165) is 5.39 Å². The van der Waals surface area contributed by atoms with E-state index in [2.05, 4.69) is 4.98 Å². The number of nitrogens with zero attached hydrogens (tertiary/aromatic N) is 3. The van der Waals surface area contributed by atoms with E-state index in [1.165, 1.54) is 0 Å². The largest absolute Gasteiger partial charge is 0.507 e. The van der Waals surface area contributed by atoms with E-state index < -0.39 is 0 Å². The van der Waals surface area contributed by atoms with E-state index in [1.807, 2.05) is 30.9 Å². The van der Waals surface area contributed by atoms with Crippen LogP contribution in [0.15, 0.2) is 42.5 Å². The molecule has 130 valence electrons. The summed E-state index contributed by atoms with van der Waals surface area (Å²) in [5.41, 5.74) is 1.25. The fraction of sp³-hybridized carbons (Fsp3) is 0.263. The number of hydrogen-bond acceptors (Lipinski definition) is 5. The molecule has 2 aromatic carbocycles. The first kappa shape index (κ1) is 17.5. The minimum absolute atomic E-state index is 0.0170. The average molecular weight is 358 g/mol. The lowest BCUT2D eigenvalue weighted by molar-refractivity contribution is 0.299. The molecule has 0 amide bonds. The highest BCUT2D eigenvalue weighted by molar-refractivity contribution is 6.31. The monoisotopic (exact) mass is 357 g/mol. The lowest BCUT2D eigenvalue weighted by Gasteiger charge is -2.28. The number of aliphatic hydroxyl groups excluding tert-OH is 1. The summed E-state index contributed by atoms with van der Waals surface area (Å²) < 4.78 is 0. The van der Waals surface area contributed by atoms with Crippen LogP contribution in [0.1, 0.15) is 13.8 Å². The summed E-state index contributed by atoms with van der Waals surface area (Å²) in [4.78, 5) is 11.3. The van der Waals surface area contributed by atoms with Gasteiger partial charge in [0.2, 0.25) is 0 Å². The molecule has 0 saturated carbocycles. The Morgan fingerprint density at radius 2 is 1.88 bits per heavy atom. The Kier molecular flexibility index (Phi) is 5.06. The van der Waals surface area contributed by atoms with Gasteiger partial charge in [0.15, 0.2) is 5.82 Å². The Morgan fingerprint density at radius 3 is 2.56 bits per heavy atom. The molecule has 0 atom stereocenters. The summed E-state index contributed by atoms with van der Waals surface area (Å²) in [6, 6.07) is 12.6. The highest BCUT2D eigenvalue weighted by Crippen LogP contribution is 2.33. The molecule has 3 aromatic rings. The van der Waals surface area contributed by atoms with Crippen LogP contribution < -0.4 is 4.90 Å². The summed E-state index contributed by atoms with van der Waals surface area (Å²) >= 11 is 6.14. The molecule has 0 aliphatic carbocycles. The lowest BCUT2D eigenvalue weighted by Crippen LogP contribution is -2.34. The predicted molar refractivity (Wildman–Crippen MR) is 101 cm³/mol. The molecule has 0 aliphatic heterocycles. The topological polar surface area (TPSA) is 69.5 Å². The highest BCUT2D eigenvalue weighted by Gasteiger charge is 2.19. The van der Waals surface area contributed by atoms with Crippen LogP contribution in [0.4, 0.5) is 5.82 Å². The fourth-order valence-electron chi connectivity index (χ4n) is 2.80. The molecule has 0 fully saturated rings. The van der Waals surface area contributed by atoms with Crippen LogP contribution in [0.3, 0.4) is 0 Å². The molecule has 3 rings (SSSR count). The Bertz CT molecular complexity index is 899. The molecule has 6 heteroatoms. The van der Waals surface area contributed by atoms with Crippen molar-refractivity contribution in [1.82, 2.24) is 9.97 Å². The SMILES string of the molecule is CC(C)N(CCO)c1nc(-c2ccccc2O)nc2cc(Cl)ccc12. The standard InChI is InChI=1S/C19H20ClN3O2/c1-12(2)23(9-10-24)19-14-8-7-13(20)11-16(14)21-18(22-19)15-5-3-4-6-17(15)25/h3-8,11-12,24-25H,9-10H2,1-2H3. The number of phenolic OH excluding ortho intramolecular Hbond substituents is 1. The highest BCUT2D eigenvalue weighted by atomic mass is 35.5. The molecule has 0 radical (unpaired) electrons. The Labute approximate surface area is 151 Å². The molecular weight excluding hydrogens is 338 g/mol. The van der Waals surface area contributed by atoms with E-state index in [1.54, 1.807) is 30.3 Å². The number of benzene rings is 2. The molecule has 1 aromatic heterocycles. The van der Waals surface area contributed by atoms with Gasteiger partial charge in [-0.1, -0.05) is 23.7 Å². The first-order valence-corrected chi connectivity index (χ1v) is 8.52. The Morgan fingerprint density at radius 1 is 1.12 bits per heavy atom. The summed E-state index contributed by atoms with van der Waals surface area (Å²) in [7, 11) is 0. The number of aromatic nitrogens is 2. The number of hydrogen-bond donors (Lipinski definition) is 2. The van der Waals surface area contributed by atoms with Gasteiger partial charge in [0.05, 0.1) is 17.7 Å². The zero-order chi connectivity index (χ0) is 18.0. The van der Waals surface area contributed by atoms with E-state index >= 15 is 0 Å². The Hall–Kier alpha value is -2.37. The van der Waals surface area contributed by atoms with Crippen LogP contribution in [0.5, 0.6) is 5.75 Å². The van der Waals surface area contributed by atoms with Crippen LogP contribution in [-0.4, -0.2) is 39.4 Å². The van der Waals surface area contributed by atoms with Gasteiger partial charge < -0.3 is 15.1 Å². The second-order valence-electron chi connectivity index (χ2n) is 6.06. The van der Waals surface area contributed by atoms with E-state index in [9.17, 15) is 10.2 Å². The molecular formula is C19H20ClN3O2. The maximum Gasteiger partial charge on any atom is 0.165 e. The van der Waals surface area contributed by atoms with E-state index in [4.69, 9.17) is 16.6 Å². The number of rotatable bonds is 5. The van der Waals surface area contributed by atoms with Crippen molar-refractivity contribution in [3.63, 3.8) is 0 Å². The smallest absolute Gasteiger partial charge is 0.165 e. The molecule has 0 aliphatic rings. The summed E-state index contributed by atoms with van der Waals surface area (Å²) in [5, 5.41) is 21.1. The molecule has 2 N–H and O–H groups in total. The average Bonchev–Trinajstić information content (AvgIpc) is 2.58. The van der Waals surface area contributed by atoms with Crippen molar-refractivity contribution in [3.05, 3.63) is 47.5 Å². The third-order valence-corrected chi connectivity index (χ3v) is 4.26. The quantitative estimate of drug-likeness (QED) is 0.725. The number of anilines is 1. The minimum atomic E-state index is 0.0170. The van der Waals surface area contributed by atoms with Gasteiger partial charge in [0.25, 0.3) is 0 Å². The van der Waals surface area contributed by atoms with Gasteiger partial charge in [-0.15, -0.1) is 0 Å². The zero-order valence-electron chi connectivity index (χ0n) is 14.1. The van der Waals surface area contributed by atoms with Crippen LogP contribution in [0.2, 0.25) is 5.02 Å². The van der Waals surface area contributed by atoms with Gasteiger partial charge in [0.1, 0.15) is 11.6 Å². The molecule has 0 bridgehead atoms. The van der Waals surface area contributed by atoms with E-state index in [0.29, 0.717) is 34.3 Å². The Balaban J connectivity index is 2.28. The number of aliphatic hydroxyl groups is 1. The number of halogens is 1. The van der Waals surface area contributed by atoms with Crippen molar-refractivity contribution in [2.75, 3.05) is 18.1 Å². The van der Waals surface area contributed by atoms with E-state index in [-0.39, 0.29) is 18.4 Å².